The molecule has 0 bridgehead atoms. The molecule has 0 spiro atoms. The van der Waals surface area contributed by atoms with Crippen molar-refractivity contribution < 1.29 is 13.3 Å². The van der Waals surface area contributed by atoms with E-state index in [-0.39, 0.29) is 32.7 Å². The molecule has 0 fully saturated rings. The number of azo groups is 1. The van der Waals surface area contributed by atoms with Gasteiger partial charge in [0, 0.05) is 22.9 Å². The molecule has 0 amide bonds. The number of anilines is 1. The largest absolute Gasteiger partial charge is 0.397 e. The number of nitrogen functional groups attached to an aromatic ring is 1. The van der Waals surface area contributed by atoms with Gasteiger partial charge >= 0.3 is 0 Å². The fourth-order valence-electron chi connectivity index (χ4n) is 2.48. The van der Waals surface area contributed by atoms with Crippen LogP contribution < -0.4 is 10.9 Å². The normalized spacial score (nSPS) is 11.9. The van der Waals surface area contributed by atoms with E-state index in [1.54, 1.807) is 6.07 Å². The molecule has 0 aliphatic carbocycles. The van der Waals surface area contributed by atoms with Gasteiger partial charge in [0.05, 0.1) is 20.5 Å². The number of nitrogens with zero attached hydrogens (tertiary/aromatic N) is 3. The summed E-state index contributed by atoms with van der Waals surface area (Å²) in [5, 5.41) is 24.9. The van der Waals surface area contributed by atoms with Crippen molar-refractivity contribution in [2.45, 2.75) is 4.90 Å². The fraction of sp³-hybridized carbons (Fsp3) is 0. The number of fused-ring (bicyclic) bond motifs is 1. The maximum Gasteiger partial charge on any atom is 0.271 e. The number of hydrogen-bond acceptors (Lipinski definition) is 7. The molecule has 9 nitrogen and oxygen atoms in total. The van der Waals surface area contributed by atoms with E-state index < -0.39 is 14.9 Å². The third kappa shape index (κ3) is 3.72. The van der Waals surface area contributed by atoms with Crippen molar-refractivity contribution in [3.05, 3.63) is 63.7 Å². The van der Waals surface area contributed by atoms with Crippen LogP contribution in [0.4, 0.5) is 22.7 Å². The van der Waals surface area contributed by atoms with Crippen LogP contribution in [-0.4, -0.2) is 13.3 Å². The topological polar surface area (TPSA) is 154 Å². The molecule has 0 aromatic heterocycles. The first kappa shape index (κ1) is 18.7. The first-order valence-corrected chi connectivity index (χ1v) is 9.30. The lowest BCUT2D eigenvalue weighted by Gasteiger charge is -2.08. The number of sulfonamides is 1. The summed E-state index contributed by atoms with van der Waals surface area (Å²) in [7, 11) is -3.94. The smallest absolute Gasteiger partial charge is 0.271 e. The molecule has 0 aliphatic heterocycles. The Kier molecular flexibility index (Phi) is 4.79. The predicted molar refractivity (Wildman–Crippen MR) is 102 cm³/mol. The van der Waals surface area contributed by atoms with Crippen molar-refractivity contribution in [1.82, 2.24) is 0 Å². The Morgan fingerprint density at radius 3 is 2.41 bits per heavy atom. The van der Waals surface area contributed by atoms with E-state index in [2.05, 4.69) is 10.2 Å². The summed E-state index contributed by atoms with van der Waals surface area (Å²) in [5.74, 6) is 0. The Morgan fingerprint density at radius 2 is 1.78 bits per heavy atom. The second-order valence-corrected chi connectivity index (χ2v) is 7.43. The number of hydrogen-bond donors (Lipinski definition) is 2. The fourth-order valence-corrected chi connectivity index (χ4v) is 3.45. The van der Waals surface area contributed by atoms with Crippen LogP contribution in [0.2, 0.25) is 5.02 Å². The summed E-state index contributed by atoms with van der Waals surface area (Å²) in [6.07, 6.45) is 0. The van der Waals surface area contributed by atoms with Gasteiger partial charge < -0.3 is 5.73 Å². The predicted octanol–water partition coefficient (Wildman–Crippen LogP) is 4.05. The number of nitrogens with two attached hydrogens (primary N) is 2. The van der Waals surface area contributed by atoms with Gasteiger partial charge in [-0.3, -0.25) is 10.1 Å². The number of halogens is 1. The Balaban J connectivity index is 2.14. The van der Waals surface area contributed by atoms with E-state index in [0.717, 1.165) is 6.07 Å². The molecule has 3 aromatic carbocycles. The molecule has 0 atom stereocenters. The lowest BCUT2D eigenvalue weighted by atomic mass is 10.1. The lowest BCUT2D eigenvalue weighted by Crippen LogP contribution is -2.12. The van der Waals surface area contributed by atoms with Crippen molar-refractivity contribution in [2.24, 2.45) is 15.4 Å². The second-order valence-electron chi connectivity index (χ2n) is 5.49. The zero-order valence-electron chi connectivity index (χ0n) is 13.5. The molecule has 3 aromatic rings. The van der Waals surface area contributed by atoms with Crippen LogP contribution in [0.15, 0.2) is 63.7 Å². The van der Waals surface area contributed by atoms with Crippen molar-refractivity contribution in [3.8, 4) is 0 Å². The molecule has 0 aliphatic rings. The third-order valence-corrected chi connectivity index (χ3v) is 5.00. The summed E-state index contributed by atoms with van der Waals surface area (Å²) in [6, 6.07) is 11.3. The molecule has 0 heterocycles. The van der Waals surface area contributed by atoms with E-state index in [0.29, 0.717) is 10.8 Å². The number of nitro groups is 1. The van der Waals surface area contributed by atoms with Crippen LogP contribution in [0.3, 0.4) is 0 Å². The SMILES string of the molecule is Nc1ccc2c(S(N)(=O)=O)cccc2c1N=Nc1ccc([N+](=O)[O-])cc1Cl. The van der Waals surface area contributed by atoms with Crippen molar-refractivity contribution in [3.63, 3.8) is 0 Å². The molecule has 0 unspecified atom stereocenters. The van der Waals surface area contributed by atoms with Crippen LogP contribution in [0.1, 0.15) is 0 Å². The maximum absolute atomic E-state index is 11.8. The minimum absolute atomic E-state index is 0.0389. The van der Waals surface area contributed by atoms with Gasteiger partial charge in [-0.15, -0.1) is 10.2 Å². The Hall–Kier alpha value is -3.08. The number of primary sulfonamides is 1. The Labute approximate surface area is 158 Å². The minimum Gasteiger partial charge on any atom is -0.397 e. The number of non-ortho nitro benzene ring substituents is 1. The van der Waals surface area contributed by atoms with Crippen LogP contribution in [0, 0.1) is 10.1 Å². The highest BCUT2D eigenvalue weighted by atomic mass is 35.5. The molecule has 27 heavy (non-hydrogen) atoms. The molecule has 0 saturated heterocycles. The van der Waals surface area contributed by atoms with Crippen LogP contribution >= 0.6 is 11.6 Å². The molecule has 0 radical (unpaired) electrons. The zero-order chi connectivity index (χ0) is 19.8. The lowest BCUT2D eigenvalue weighted by molar-refractivity contribution is -0.384. The average molecular weight is 406 g/mol. The van der Waals surface area contributed by atoms with Gasteiger partial charge in [0.2, 0.25) is 10.0 Å². The second kappa shape index (κ2) is 6.91. The van der Waals surface area contributed by atoms with Crippen molar-refractivity contribution in [1.29, 1.82) is 0 Å². The quantitative estimate of drug-likeness (QED) is 0.290. The van der Waals surface area contributed by atoms with Gasteiger partial charge in [0.25, 0.3) is 5.69 Å². The first-order chi connectivity index (χ1) is 12.7. The summed E-state index contributed by atoms with van der Waals surface area (Å²) < 4.78 is 23.5. The first-order valence-electron chi connectivity index (χ1n) is 7.38. The Bertz CT molecular complexity index is 1210. The van der Waals surface area contributed by atoms with Gasteiger partial charge in [-0.05, 0) is 18.2 Å². The average Bonchev–Trinajstić information content (AvgIpc) is 2.60. The van der Waals surface area contributed by atoms with Gasteiger partial charge in [-0.2, -0.15) is 0 Å². The highest BCUT2D eigenvalue weighted by Gasteiger charge is 2.15. The monoisotopic (exact) mass is 405 g/mol. The molecule has 138 valence electrons. The standard InChI is InChI=1S/C16H12ClN5O4S/c17-12-8-9(22(23)24)4-7-14(12)20-21-16-11-2-1-3-15(27(19,25)26)10(11)5-6-13(16)18/h1-8H,18H2,(H2,19,25,26). The summed E-state index contributed by atoms with van der Waals surface area (Å²) in [4.78, 5) is 10.1. The van der Waals surface area contributed by atoms with E-state index in [1.165, 1.54) is 36.4 Å². The van der Waals surface area contributed by atoms with Crippen LogP contribution in [0.5, 0.6) is 0 Å². The van der Waals surface area contributed by atoms with Gasteiger partial charge in [-0.1, -0.05) is 29.8 Å². The van der Waals surface area contributed by atoms with Gasteiger partial charge in [0.1, 0.15) is 11.4 Å². The molecule has 0 saturated carbocycles. The van der Waals surface area contributed by atoms with E-state index in [1.807, 2.05) is 0 Å². The summed E-state index contributed by atoms with van der Waals surface area (Å²) in [6.45, 7) is 0. The van der Waals surface area contributed by atoms with Crippen molar-refractivity contribution in [2.75, 3.05) is 5.73 Å². The maximum atomic E-state index is 11.8. The van der Waals surface area contributed by atoms with E-state index in [4.69, 9.17) is 22.5 Å². The minimum atomic E-state index is -3.94. The van der Waals surface area contributed by atoms with Gasteiger partial charge in [-0.25, -0.2) is 13.6 Å². The van der Waals surface area contributed by atoms with E-state index >= 15 is 0 Å². The molecular weight excluding hydrogens is 394 g/mol. The van der Waals surface area contributed by atoms with Gasteiger partial charge in [0.15, 0.2) is 0 Å². The summed E-state index contributed by atoms with van der Waals surface area (Å²) >= 11 is 6.00. The van der Waals surface area contributed by atoms with E-state index in [9.17, 15) is 18.5 Å². The van der Waals surface area contributed by atoms with Crippen LogP contribution in [0.25, 0.3) is 10.8 Å². The molecule has 3 rings (SSSR count). The third-order valence-electron chi connectivity index (χ3n) is 3.73. The number of benzene rings is 3. The number of nitro benzene ring substituents is 1. The highest BCUT2D eigenvalue weighted by molar-refractivity contribution is 7.89. The molecular formula is C16H12ClN5O4S. The number of rotatable bonds is 4. The van der Waals surface area contributed by atoms with Crippen LogP contribution in [-0.2, 0) is 10.0 Å². The summed E-state index contributed by atoms with van der Waals surface area (Å²) in [5.41, 5.74) is 6.46. The molecule has 4 N–H and O–H groups in total. The highest BCUT2D eigenvalue weighted by Crippen LogP contribution is 2.37. The Morgan fingerprint density at radius 1 is 1.04 bits per heavy atom. The molecule has 11 heteroatoms. The zero-order valence-corrected chi connectivity index (χ0v) is 15.1. The van der Waals surface area contributed by atoms with Crippen molar-refractivity contribution >= 4 is 55.1 Å².